The first-order chi connectivity index (χ1) is 12.0. The van der Waals surface area contributed by atoms with Gasteiger partial charge in [0.15, 0.2) is 5.76 Å². The summed E-state index contributed by atoms with van der Waals surface area (Å²) < 4.78 is 44.1. The number of halogens is 1. The van der Waals surface area contributed by atoms with E-state index < -0.39 is 15.9 Å². The molecule has 2 aromatic heterocycles. The summed E-state index contributed by atoms with van der Waals surface area (Å²) in [4.78, 5) is 20.0. The molecule has 4 rings (SSSR count). The molecule has 0 saturated carbocycles. The van der Waals surface area contributed by atoms with Crippen LogP contribution in [0.25, 0.3) is 11.3 Å². The van der Waals surface area contributed by atoms with Crippen molar-refractivity contribution in [2.24, 2.45) is 0 Å². The van der Waals surface area contributed by atoms with Crippen LogP contribution in [-0.2, 0) is 16.6 Å². The summed E-state index contributed by atoms with van der Waals surface area (Å²) in [7, 11) is -3.98. The second-order valence-corrected chi connectivity index (χ2v) is 7.14. The van der Waals surface area contributed by atoms with Gasteiger partial charge in [-0.2, -0.15) is 0 Å². The van der Waals surface area contributed by atoms with E-state index in [2.05, 4.69) is 9.97 Å². The van der Waals surface area contributed by atoms with Crippen molar-refractivity contribution >= 4 is 15.9 Å². The fourth-order valence-electron chi connectivity index (χ4n) is 2.54. The summed E-state index contributed by atoms with van der Waals surface area (Å²) in [5.41, 5.74) is 0.656. The summed E-state index contributed by atoms with van der Waals surface area (Å²) >= 11 is 0. The van der Waals surface area contributed by atoms with Crippen molar-refractivity contribution < 1.29 is 22.0 Å². The summed E-state index contributed by atoms with van der Waals surface area (Å²) in [5.74, 6) is -0.641. The van der Waals surface area contributed by atoms with E-state index in [1.807, 2.05) is 0 Å². The zero-order valence-corrected chi connectivity index (χ0v) is 13.4. The molecule has 0 unspecified atom stereocenters. The maximum absolute atomic E-state index is 13.0. The number of aromatic nitrogens is 2. The lowest BCUT2D eigenvalue weighted by Crippen LogP contribution is -2.29. The molecule has 126 valence electrons. The second kappa shape index (κ2) is 5.49. The summed E-state index contributed by atoms with van der Waals surface area (Å²) in [6.45, 7) is -0.336. The van der Waals surface area contributed by atoms with Crippen LogP contribution in [0.15, 0.2) is 58.2 Å². The third-order valence-electron chi connectivity index (χ3n) is 3.77. The molecule has 1 aliphatic heterocycles. The van der Waals surface area contributed by atoms with Gasteiger partial charge in [-0.1, -0.05) is 0 Å². The number of fused-ring (bicyclic) bond motifs is 1. The van der Waals surface area contributed by atoms with Crippen LogP contribution in [0.3, 0.4) is 0 Å². The molecular weight excluding hydrogens is 349 g/mol. The molecule has 0 spiro atoms. The molecule has 1 aliphatic rings. The normalized spacial score (nSPS) is 15.4. The fraction of sp³-hybridized carbons (Fsp3) is 0.0625. The van der Waals surface area contributed by atoms with Gasteiger partial charge in [0.2, 0.25) is 5.89 Å². The van der Waals surface area contributed by atoms with E-state index in [1.54, 1.807) is 0 Å². The fourth-order valence-corrected chi connectivity index (χ4v) is 4.00. The highest BCUT2D eigenvalue weighted by Gasteiger charge is 2.42. The van der Waals surface area contributed by atoms with Crippen LogP contribution >= 0.6 is 0 Å². The lowest BCUT2D eigenvalue weighted by molar-refractivity contribution is 0.0857. The van der Waals surface area contributed by atoms with Crippen LogP contribution < -0.4 is 0 Å². The highest BCUT2D eigenvalue weighted by Crippen LogP contribution is 2.31. The minimum atomic E-state index is -3.98. The molecule has 7 nitrogen and oxygen atoms in total. The maximum Gasteiger partial charge on any atom is 0.269 e. The van der Waals surface area contributed by atoms with Crippen molar-refractivity contribution in [1.82, 2.24) is 14.3 Å². The molecule has 0 fully saturated rings. The molecule has 0 N–H and O–H groups in total. The molecule has 3 aromatic rings. The smallest absolute Gasteiger partial charge is 0.269 e. The van der Waals surface area contributed by atoms with E-state index in [0.717, 1.165) is 6.20 Å². The van der Waals surface area contributed by atoms with Gasteiger partial charge >= 0.3 is 0 Å². The predicted molar refractivity (Wildman–Crippen MR) is 83.2 cm³/mol. The number of hydrogen-bond donors (Lipinski definition) is 0. The predicted octanol–water partition coefficient (Wildman–Crippen LogP) is 2.22. The monoisotopic (exact) mass is 359 g/mol. The van der Waals surface area contributed by atoms with E-state index in [-0.39, 0.29) is 28.7 Å². The van der Waals surface area contributed by atoms with Crippen molar-refractivity contribution in [3.05, 3.63) is 66.2 Å². The molecule has 25 heavy (non-hydrogen) atoms. The number of rotatable bonds is 3. The molecule has 0 atom stereocenters. The third kappa shape index (κ3) is 2.49. The molecule has 1 amide bonds. The Bertz CT molecular complexity index is 1080. The number of nitrogens with zero attached hydrogens (tertiary/aromatic N) is 3. The summed E-state index contributed by atoms with van der Waals surface area (Å²) in [6, 6.07) is 6.93. The van der Waals surface area contributed by atoms with Crippen LogP contribution in [-0.4, -0.2) is 28.6 Å². The highest BCUT2D eigenvalue weighted by atomic mass is 32.2. The minimum Gasteiger partial charge on any atom is -0.439 e. The van der Waals surface area contributed by atoms with Crippen molar-refractivity contribution in [1.29, 1.82) is 0 Å². The lowest BCUT2D eigenvalue weighted by atomic mass is 10.2. The van der Waals surface area contributed by atoms with E-state index in [4.69, 9.17) is 4.42 Å². The van der Waals surface area contributed by atoms with E-state index in [1.165, 1.54) is 42.7 Å². The van der Waals surface area contributed by atoms with Gasteiger partial charge in [0, 0.05) is 18.0 Å². The maximum atomic E-state index is 13.0. The Morgan fingerprint density at radius 2 is 1.88 bits per heavy atom. The van der Waals surface area contributed by atoms with Gasteiger partial charge in [-0.15, -0.1) is 0 Å². The van der Waals surface area contributed by atoms with Gasteiger partial charge in [-0.3, -0.25) is 9.78 Å². The number of pyridine rings is 1. The standard InChI is InChI=1S/C16H10FN3O4S/c17-11-3-1-10(2-4-11)13-7-19-15(24-13)9-20-16(21)12-5-6-18-8-14(12)25(20,22)23/h1-8H,9H2. The zero-order chi connectivity index (χ0) is 17.6. The Morgan fingerprint density at radius 3 is 2.60 bits per heavy atom. The Balaban J connectivity index is 1.64. The van der Waals surface area contributed by atoms with Crippen LogP contribution in [0.4, 0.5) is 4.39 Å². The molecule has 0 bridgehead atoms. The summed E-state index contributed by atoms with van der Waals surface area (Å²) in [5, 5.41) is 0. The van der Waals surface area contributed by atoms with Gasteiger partial charge < -0.3 is 4.42 Å². The number of oxazole rings is 1. The number of benzene rings is 1. The molecule has 0 saturated heterocycles. The van der Waals surface area contributed by atoms with Gasteiger partial charge in [0.1, 0.15) is 17.3 Å². The molecule has 0 radical (unpaired) electrons. The van der Waals surface area contributed by atoms with E-state index in [0.29, 0.717) is 15.6 Å². The number of carbonyl (C=O) groups is 1. The molecule has 9 heteroatoms. The highest BCUT2D eigenvalue weighted by molar-refractivity contribution is 7.90. The van der Waals surface area contributed by atoms with Crippen molar-refractivity contribution in [3.8, 4) is 11.3 Å². The molecular formula is C16H10FN3O4S. The molecule has 1 aromatic carbocycles. The number of carbonyl (C=O) groups excluding carboxylic acids is 1. The lowest BCUT2D eigenvalue weighted by Gasteiger charge is -2.12. The van der Waals surface area contributed by atoms with Gasteiger partial charge in [0.05, 0.1) is 11.8 Å². The first kappa shape index (κ1) is 15.5. The zero-order valence-electron chi connectivity index (χ0n) is 12.6. The Hall–Kier alpha value is -3.07. The Kier molecular flexibility index (Phi) is 3.39. The average molecular weight is 359 g/mol. The van der Waals surface area contributed by atoms with Crippen LogP contribution in [0.5, 0.6) is 0 Å². The van der Waals surface area contributed by atoms with Crippen LogP contribution in [0.1, 0.15) is 16.2 Å². The van der Waals surface area contributed by atoms with Crippen molar-refractivity contribution in [3.63, 3.8) is 0 Å². The second-order valence-electron chi connectivity index (χ2n) is 5.31. The van der Waals surface area contributed by atoms with Crippen LogP contribution in [0.2, 0.25) is 0 Å². The number of sulfonamides is 1. The van der Waals surface area contributed by atoms with Gasteiger partial charge in [0.25, 0.3) is 15.9 Å². The minimum absolute atomic E-state index is 0.0528. The molecule has 3 heterocycles. The largest absolute Gasteiger partial charge is 0.439 e. The molecule has 0 aliphatic carbocycles. The van der Waals surface area contributed by atoms with Gasteiger partial charge in [-0.25, -0.2) is 22.1 Å². The SMILES string of the molecule is O=C1c2ccncc2S(=O)(=O)N1Cc1ncc(-c2ccc(F)cc2)o1. The first-order valence-electron chi connectivity index (χ1n) is 7.18. The van der Waals surface area contributed by atoms with E-state index >= 15 is 0 Å². The third-order valence-corrected chi connectivity index (χ3v) is 5.53. The Labute approximate surface area is 141 Å². The number of hydrogen-bond acceptors (Lipinski definition) is 6. The quantitative estimate of drug-likeness (QED) is 0.712. The van der Waals surface area contributed by atoms with Crippen molar-refractivity contribution in [2.45, 2.75) is 11.4 Å². The van der Waals surface area contributed by atoms with E-state index in [9.17, 15) is 17.6 Å². The van der Waals surface area contributed by atoms with Crippen LogP contribution in [0, 0.1) is 5.82 Å². The first-order valence-corrected chi connectivity index (χ1v) is 8.62. The Morgan fingerprint density at radius 1 is 1.12 bits per heavy atom. The topological polar surface area (TPSA) is 93.4 Å². The summed E-state index contributed by atoms with van der Waals surface area (Å²) in [6.07, 6.45) is 3.89. The average Bonchev–Trinajstić information content (AvgIpc) is 3.14. The van der Waals surface area contributed by atoms with Gasteiger partial charge in [-0.05, 0) is 30.3 Å². The van der Waals surface area contributed by atoms with Crippen molar-refractivity contribution in [2.75, 3.05) is 0 Å². The number of amides is 1.